The average molecular weight is 260 g/mol. The van der Waals surface area contributed by atoms with Crippen molar-refractivity contribution in [1.29, 1.82) is 0 Å². The Kier molecular flexibility index (Phi) is 6.02. The smallest absolute Gasteiger partial charge is 0.240 e. The summed E-state index contributed by atoms with van der Waals surface area (Å²) in [5, 5.41) is 0.208. The Morgan fingerprint density at radius 3 is 2.47 bits per heavy atom. The second-order valence-electron chi connectivity index (χ2n) is 2.90. The Morgan fingerprint density at radius 1 is 1.33 bits per heavy atom. The molecule has 0 aliphatic heterocycles. The molecule has 1 aromatic rings. The van der Waals surface area contributed by atoms with Crippen LogP contribution in [-0.2, 0) is 0 Å². The molecule has 0 aliphatic carbocycles. The third kappa shape index (κ3) is 4.28. The first-order valence-electron chi connectivity index (χ1n) is 3.99. The van der Waals surface area contributed by atoms with Crippen LogP contribution >= 0.6 is 24.0 Å². The zero-order valence-electron chi connectivity index (χ0n) is 7.59. The summed E-state index contributed by atoms with van der Waals surface area (Å²) in [6.07, 6.45) is -3.05. The van der Waals surface area contributed by atoms with Gasteiger partial charge in [0.15, 0.2) is 0 Å². The van der Waals surface area contributed by atoms with E-state index in [1.54, 1.807) is 0 Å². The molecule has 0 saturated carbocycles. The number of nitrogens with two attached hydrogens (primary N) is 1. The molecule has 1 aromatic carbocycles. The second kappa shape index (κ2) is 6.20. The topological polar surface area (TPSA) is 26.0 Å². The van der Waals surface area contributed by atoms with Crippen LogP contribution in [0, 0.1) is 5.82 Å². The highest BCUT2D eigenvalue weighted by Crippen LogP contribution is 2.26. The van der Waals surface area contributed by atoms with E-state index in [9.17, 15) is 13.2 Å². The minimum absolute atomic E-state index is 0. The van der Waals surface area contributed by atoms with E-state index in [1.165, 1.54) is 6.07 Å². The van der Waals surface area contributed by atoms with E-state index >= 15 is 0 Å². The molecule has 2 N–H and O–H groups in total. The number of hydrogen-bond donors (Lipinski definition) is 1. The molecule has 0 heterocycles. The van der Waals surface area contributed by atoms with Crippen LogP contribution in [0.2, 0.25) is 5.02 Å². The SMILES string of the molecule is Cl.N[C@@H](CC(F)F)c1cc(F)ccc1Cl. The monoisotopic (exact) mass is 259 g/mol. The van der Waals surface area contributed by atoms with Gasteiger partial charge in [-0.1, -0.05) is 11.6 Å². The highest BCUT2D eigenvalue weighted by atomic mass is 35.5. The van der Waals surface area contributed by atoms with Crippen LogP contribution in [0.3, 0.4) is 0 Å². The van der Waals surface area contributed by atoms with E-state index in [2.05, 4.69) is 0 Å². The fraction of sp³-hybridized carbons (Fsp3) is 0.333. The van der Waals surface area contributed by atoms with Gasteiger partial charge in [-0.2, -0.15) is 0 Å². The number of alkyl halides is 2. The predicted molar refractivity (Wildman–Crippen MR) is 56.2 cm³/mol. The van der Waals surface area contributed by atoms with Crippen molar-refractivity contribution in [1.82, 2.24) is 0 Å². The van der Waals surface area contributed by atoms with Crippen LogP contribution in [0.4, 0.5) is 13.2 Å². The lowest BCUT2D eigenvalue weighted by molar-refractivity contribution is 0.128. The molecule has 0 spiro atoms. The van der Waals surface area contributed by atoms with Crippen LogP contribution in [0.5, 0.6) is 0 Å². The molecule has 0 fully saturated rings. The van der Waals surface area contributed by atoms with Crippen molar-refractivity contribution in [3.63, 3.8) is 0 Å². The molecule has 0 radical (unpaired) electrons. The van der Waals surface area contributed by atoms with Gasteiger partial charge in [0, 0.05) is 17.5 Å². The molecule has 1 nitrogen and oxygen atoms in total. The van der Waals surface area contributed by atoms with Crippen molar-refractivity contribution < 1.29 is 13.2 Å². The molecule has 0 bridgehead atoms. The molecule has 0 saturated heterocycles. The molecule has 1 atom stereocenters. The van der Waals surface area contributed by atoms with Crippen LogP contribution < -0.4 is 5.73 Å². The van der Waals surface area contributed by atoms with Gasteiger partial charge in [0.25, 0.3) is 0 Å². The first-order chi connectivity index (χ1) is 6.50. The Labute approximate surface area is 96.8 Å². The van der Waals surface area contributed by atoms with Crippen molar-refractivity contribution in [2.45, 2.75) is 18.9 Å². The van der Waals surface area contributed by atoms with E-state index in [-0.39, 0.29) is 23.0 Å². The van der Waals surface area contributed by atoms with Gasteiger partial charge in [-0.3, -0.25) is 0 Å². The van der Waals surface area contributed by atoms with Crippen molar-refractivity contribution in [2.75, 3.05) is 0 Å². The van der Waals surface area contributed by atoms with E-state index in [4.69, 9.17) is 17.3 Å². The molecular formula is C9H10Cl2F3N. The molecule has 0 aliphatic rings. The summed E-state index contributed by atoms with van der Waals surface area (Å²) in [4.78, 5) is 0. The summed E-state index contributed by atoms with van der Waals surface area (Å²) in [6, 6.07) is 2.60. The van der Waals surface area contributed by atoms with Crippen LogP contribution in [0.1, 0.15) is 18.0 Å². The number of rotatable bonds is 3. The minimum atomic E-state index is -2.52. The molecular weight excluding hydrogens is 250 g/mol. The number of halogens is 5. The molecule has 15 heavy (non-hydrogen) atoms. The molecule has 86 valence electrons. The Bertz CT molecular complexity index is 320. The number of benzene rings is 1. The summed E-state index contributed by atoms with van der Waals surface area (Å²) >= 11 is 5.68. The quantitative estimate of drug-likeness (QED) is 0.883. The van der Waals surface area contributed by atoms with Gasteiger partial charge in [0.1, 0.15) is 5.82 Å². The van der Waals surface area contributed by atoms with Crippen molar-refractivity contribution in [3.8, 4) is 0 Å². The largest absolute Gasteiger partial charge is 0.324 e. The van der Waals surface area contributed by atoms with Gasteiger partial charge < -0.3 is 5.73 Å². The van der Waals surface area contributed by atoms with Crippen molar-refractivity contribution in [2.24, 2.45) is 5.73 Å². The minimum Gasteiger partial charge on any atom is -0.324 e. The predicted octanol–water partition coefficient (Wildman–Crippen LogP) is 3.56. The van der Waals surface area contributed by atoms with E-state index < -0.39 is 24.7 Å². The summed E-state index contributed by atoms with van der Waals surface area (Å²) < 4.78 is 36.7. The lowest BCUT2D eigenvalue weighted by atomic mass is 10.0. The molecule has 6 heteroatoms. The zero-order valence-corrected chi connectivity index (χ0v) is 9.16. The number of hydrogen-bond acceptors (Lipinski definition) is 1. The van der Waals surface area contributed by atoms with Gasteiger partial charge >= 0.3 is 0 Å². The molecule has 0 unspecified atom stereocenters. The standard InChI is InChI=1S/C9H9ClF3N.ClH/c10-7-2-1-5(11)3-6(7)8(14)4-9(12)13;/h1-3,8-9H,4,14H2;1H/t8-;/m0./s1. The second-order valence-corrected chi connectivity index (χ2v) is 3.31. The van der Waals surface area contributed by atoms with Crippen molar-refractivity contribution >= 4 is 24.0 Å². The zero-order chi connectivity index (χ0) is 10.7. The maximum Gasteiger partial charge on any atom is 0.240 e. The highest BCUT2D eigenvalue weighted by molar-refractivity contribution is 6.31. The lowest BCUT2D eigenvalue weighted by Gasteiger charge is -2.12. The summed E-state index contributed by atoms with van der Waals surface area (Å²) in [5.41, 5.74) is 5.65. The fourth-order valence-corrected chi connectivity index (χ4v) is 1.38. The maximum atomic E-state index is 12.7. The lowest BCUT2D eigenvalue weighted by Crippen LogP contribution is -2.14. The van der Waals surface area contributed by atoms with E-state index in [0.717, 1.165) is 12.1 Å². The normalized spacial score (nSPS) is 12.4. The highest BCUT2D eigenvalue weighted by Gasteiger charge is 2.15. The Morgan fingerprint density at radius 2 is 1.93 bits per heavy atom. The first-order valence-corrected chi connectivity index (χ1v) is 4.37. The van der Waals surface area contributed by atoms with Crippen molar-refractivity contribution in [3.05, 3.63) is 34.6 Å². The maximum absolute atomic E-state index is 12.7. The molecule has 0 aromatic heterocycles. The summed E-state index contributed by atoms with van der Waals surface area (Å²) in [7, 11) is 0. The van der Waals surface area contributed by atoms with E-state index in [1.807, 2.05) is 0 Å². The van der Waals surface area contributed by atoms with Gasteiger partial charge in [-0.15, -0.1) is 12.4 Å². The third-order valence-corrected chi connectivity index (χ3v) is 2.13. The summed E-state index contributed by atoms with van der Waals surface area (Å²) in [5.74, 6) is -0.533. The van der Waals surface area contributed by atoms with Gasteiger partial charge in [0.2, 0.25) is 6.43 Å². The first kappa shape index (κ1) is 14.6. The molecule has 1 rings (SSSR count). The fourth-order valence-electron chi connectivity index (χ4n) is 1.12. The summed E-state index contributed by atoms with van der Waals surface area (Å²) in [6.45, 7) is 0. The van der Waals surface area contributed by atoms with Crippen LogP contribution in [0.15, 0.2) is 18.2 Å². The molecule has 0 amide bonds. The van der Waals surface area contributed by atoms with Gasteiger partial charge in [-0.25, -0.2) is 13.2 Å². The van der Waals surface area contributed by atoms with Gasteiger partial charge in [-0.05, 0) is 23.8 Å². The Hall–Kier alpha value is -0.450. The van der Waals surface area contributed by atoms with Crippen LogP contribution in [0.25, 0.3) is 0 Å². The van der Waals surface area contributed by atoms with Crippen LogP contribution in [-0.4, -0.2) is 6.43 Å². The average Bonchev–Trinajstić information content (AvgIpc) is 2.08. The third-order valence-electron chi connectivity index (χ3n) is 1.79. The van der Waals surface area contributed by atoms with Gasteiger partial charge in [0.05, 0.1) is 0 Å². The Balaban J connectivity index is 0.00000196. The van der Waals surface area contributed by atoms with E-state index in [0.29, 0.717) is 0 Å².